The van der Waals surface area contributed by atoms with Gasteiger partial charge in [-0.05, 0) is 48.7 Å². The molecule has 2 atom stereocenters. The van der Waals surface area contributed by atoms with Gasteiger partial charge in [-0.25, -0.2) is 4.98 Å². The van der Waals surface area contributed by atoms with Crippen molar-refractivity contribution in [1.82, 2.24) is 14.9 Å². The molecule has 2 aliphatic heterocycles. The molecule has 7 heteroatoms. The Morgan fingerprint density at radius 3 is 2.47 bits per heavy atom. The summed E-state index contributed by atoms with van der Waals surface area (Å²) in [6.07, 6.45) is 5.47. The number of aromatic amines is 1. The molecule has 2 unspecified atom stereocenters. The van der Waals surface area contributed by atoms with Gasteiger partial charge in [0.25, 0.3) is 0 Å². The molecule has 3 heterocycles. The summed E-state index contributed by atoms with van der Waals surface area (Å²) < 4.78 is 5.68. The Hall–Kier alpha value is -3.03. The number of H-pyrrole nitrogens is 1. The van der Waals surface area contributed by atoms with Crippen LogP contribution in [0.2, 0.25) is 0 Å². The van der Waals surface area contributed by atoms with Gasteiger partial charge in [-0.2, -0.15) is 0 Å². The molecule has 0 bridgehead atoms. The van der Waals surface area contributed by atoms with Gasteiger partial charge in [0.1, 0.15) is 11.8 Å². The second kappa shape index (κ2) is 7.83. The van der Waals surface area contributed by atoms with Gasteiger partial charge >= 0.3 is 0 Å². The van der Waals surface area contributed by atoms with Gasteiger partial charge in [-0.15, -0.1) is 0 Å². The van der Waals surface area contributed by atoms with E-state index in [9.17, 15) is 5.11 Å². The van der Waals surface area contributed by atoms with E-state index in [0.29, 0.717) is 0 Å². The Morgan fingerprint density at radius 2 is 1.75 bits per heavy atom. The normalized spacial score (nSPS) is 24.2. The molecule has 3 aromatic rings. The van der Waals surface area contributed by atoms with E-state index in [2.05, 4.69) is 44.0 Å². The number of hydrogen-bond acceptors (Lipinski definition) is 6. The molecule has 3 aliphatic rings. The fourth-order valence-corrected chi connectivity index (χ4v) is 5.15. The maximum absolute atomic E-state index is 10.9. The SMILES string of the molecule is COC1=CC(O)N(c2ccc3nc[nH]c3c2)C1c1ccc(N2CCN(C3CC3)CC2)cc1. The van der Waals surface area contributed by atoms with Crippen molar-refractivity contribution in [3.8, 4) is 0 Å². The Kier molecular flexibility index (Phi) is 4.81. The van der Waals surface area contributed by atoms with Crippen LogP contribution >= 0.6 is 0 Å². The zero-order chi connectivity index (χ0) is 21.7. The largest absolute Gasteiger partial charge is 0.499 e. The summed E-state index contributed by atoms with van der Waals surface area (Å²) in [6, 6.07) is 15.4. The molecule has 7 nitrogen and oxygen atoms in total. The van der Waals surface area contributed by atoms with Crippen LogP contribution in [0.5, 0.6) is 0 Å². The van der Waals surface area contributed by atoms with Crippen LogP contribution in [0.15, 0.2) is 60.6 Å². The second-order valence-corrected chi connectivity index (χ2v) is 8.95. The van der Waals surface area contributed by atoms with Crippen LogP contribution in [0.1, 0.15) is 24.4 Å². The molecule has 0 spiro atoms. The summed E-state index contributed by atoms with van der Waals surface area (Å²) in [5.74, 6) is 0.757. The van der Waals surface area contributed by atoms with Crippen LogP contribution in [0.4, 0.5) is 11.4 Å². The van der Waals surface area contributed by atoms with E-state index >= 15 is 0 Å². The van der Waals surface area contributed by atoms with E-state index in [1.807, 2.05) is 23.1 Å². The lowest BCUT2D eigenvalue weighted by Gasteiger charge is -2.36. The first-order valence-corrected chi connectivity index (χ1v) is 11.5. The van der Waals surface area contributed by atoms with Crippen molar-refractivity contribution in [2.45, 2.75) is 31.2 Å². The monoisotopic (exact) mass is 431 g/mol. The maximum atomic E-state index is 10.9. The molecule has 1 saturated carbocycles. The lowest BCUT2D eigenvalue weighted by Crippen LogP contribution is -2.47. The van der Waals surface area contributed by atoms with Crippen molar-refractivity contribution in [3.05, 3.63) is 66.2 Å². The highest BCUT2D eigenvalue weighted by atomic mass is 16.5. The standard InChI is InChI=1S/C25H29N5O2/c1-32-23-15-24(31)30(20-8-9-21-22(14-20)27-16-26-21)25(23)17-2-4-18(5-3-17)28-10-12-29(13-11-28)19-6-7-19/h2-5,8-9,14-16,19,24-25,31H,6-7,10-13H2,1H3,(H,26,27). The number of anilines is 2. The molecule has 2 aromatic carbocycles. The molecule has 0 amide bonds. The van der Waals surface area contributed by atoms with Crippen molar-refractivity contribution in [1.29, 1.82) is 0 Å². The second-order valence-electron chi connectivity index (χ2n) is 8.95. The van der Waals surface area contributed by atoms with Crippen LogP contribution in [-0.2, 0) is 4.74 Å². The Bertz CT molecular complexity index is 1130. The van der Waals surface area contributed by atoms with Crippen molar-refractivity contribution in [2.24, 2.45) is 0 Å². The number of aromatic nitrogens is 2. The number of nitrogens with one attached hydrogen (secondary N) is 1. The predicted molar refractivity (Wildman–Crippen MR) is 126 cm³/mol. The molecule has 0 radical (unpaired) electrons. The van der Waals surface area contributed by atoms with E-state index in [0.717, 1.165) is 60.3 Å². The number of hydrogen-bond donors (Lipinski definition) is 2. The molecule has 32 heavy (non-hydrogen) atoms. The minimum Gasteiger partial charge on any atom is -0.499 e. The van der Waals surface area contributed by atoms with Gasteiger partial charge in [-0.1, -0.05) is 12.1 Å². The van der Waals surface area contributed by atoms with Gasteiger partial charge in [-0.3, -0.25) is 4.90 Å². The lowest BCUT2D eigenvalue weighted by molar-refractivity contribution is 0.218. The molecule has 2 fully saturated rings. The highest BCUT2D eigenvalue weighted by Crippen LogP contribution is 2.41. The van der Waals surface area contributed by atoms with Crippen molar-refractivity contribution < 1.29 is 9.84 Å². The predicted octanol–water partition coefficient (Wildman–Crippen LogP) is 3.26. The van der Waals surface area contributed by atoms with E-state index in [4.69, 9.17) is 4.74 Å². The highest BCUT2D eigenvalue weighted by Gasteiger charge is 2.36. The molecule has 1 aromatic heterocycles. The fourth-order valence-electron chi connectivity index (χ4n) is 5.15. The first-order chi connectivity index (χ1) is 15.7. The summed E-state index contributed by atoms with van der Waals surface area (Å²) in [7, 11) is 1.67. The number of nitrogens with zero attached hydrogens (tertiary/aromatic N) is 4. The Balaban J connectivity index is 1.26. The van der Waals surface area contributed by atoms with E-state index in [1.165, 1.54) is 18.5 Å². The topological polar surface area (TPSA) is 67.9 Å². The number of rotatable bonds is 5. The minimum atomic E-state index is -0.759. The van der Waals surface area contributed by atoms with Gasteiger partial charge in [0.2, 0.25) is 0 Å². The van der Waals surface area contributed by atoms with E-state index in [1.54, 1.807) is 19.5 Å². The number of fused-ring (bicyclic) bond motifs is 1. The summed E-state index contributed by atoms with van der Waals surface area (Å²) in [4.78, 5) is 14.6. The Morgan fingerprint density at radius 1 is 1.00 bits per heavy atom. The summed E-state index contributed by atoms with van der Waals surface area (Å²) >= 11 is 0. The van der Waals surface area contributed by atoms with Crippen LogP contribution in [0, 0.1) is 0 Å². The van der Waals surface area contributed by atoms with Gasteiger partial charge in [0.15, 0.2) is 6.23 Å². The number of aliphatic hydroxyl groups excluding tert-OH is 1. The molecule has 2 N–H and O–H groups in total. The average Bonchev–Trinajstić information content (AvgIpc) is 3.48. The van der Waals surface area contributed by atoms with Crippen LogP contribution < -0.4 is 9.80 Å². The van der Waals surface area contributed by atoms with Gasteiger partial charge < -0.3 is 24.6 Å². The Labute approximate surface area is 187 Å². The molecule has 1 saturated heterocycles. The molecular weight excluding hydrogens is 402 g/mol. The van der Waals surface area contributed by atoms with Crippen LogP contribution in [0.25, 0.3) is 11.0 Å². The van der Waals surface area contributed by atoms with E-state index < -0.39 is 6.23 Å². The number of ether oxygens (including phenoxy) is 1. The zero-order valence-corrected chi connectivity index (χ0v) is 18.3. The third-order valence-corrected chi connectivity index (χ3v) is 7.04. The van der Waals surface area contributed by atoms with Gasteiger partial charge in [0.05, 0.1) is 24.5 Å². The molecule has 6 rings (SSSR count). The molecule has 166 valence electrons. The highest BCUT2D eigenvalue weighted by molar-refractivity contribution is 5.79. The van der Waals surface area contributed by atoms with Gasteiger partial charge in [0, 0.05) is 49.7 Å². The number of methoxy groups -OCH3 is 1. The summed E-state index contributed by atoms with van der Waals surface area (Å²) in [5.41, 5.74) is 5.13. The smallest absolute Gasteiger partial charge is 0.150 e. The number of piperazine rings is 1. The first kappa shape index (κ1) is 19.6. The number of aliphatic hydroxyl groups is 1. The first-order valence-electron chi connectivity index (χ1n) is 11.5. The lowest BCUT2D eigenvalue weighted by atomic mass is 10.0. The van der Waals surface area contributed by atoms with Crippen LogP contribution in [-0.4, -0.2) is 65.5 Å². The number of imidazole rings is 1. The minimum absolute atomic E-state index is 0.184. The molecular formula is C25H29N5O2. The summed E-state index contributed by atoms with van der Waals surface area (Å²) in [5, 5.41) is 10.9. The van der Waals surface area contributed by atoms with Crippen molar-refractivity contribution in [3.63, 3.8) is 0 Å². The average molecular weight is 432 g/mol. The van der Waals surface area contributed by atoms with Crippen molar-refractivity contribution >= 4 is 22.4 Å². The fraction of sp³-hybridized carbons (Fsp3) is 0.400. The van der Waals surface area contributed by atoms with E-state index in [-0.39, 0.29) is 6.04 Å². The number of benzene rings is 2. The quantitative estimate of drug-likeness (QED) is 0.646. The zero-order valence-electron chi connectivity index (χ0n) is 18.3. The third kappa shape index (κ3) is 3.42. The third-order valence-electron chi connectivity index (χ3n) is 7.04. The maximum Gasteiger partial charge on any atom is 0.150 e. The summed E-state index contributed by atoms with van der Waals surface area (Å²) in [6.45, 7) is 4.47. The van der Waals surface area contributed by atoms with Crippen molar-refractivity contribution in [2.75, 3.05) is 43.1 Å². The van der Waals surface area contributed by atoms with Crippen LogP contribution in [0.3, 0.4) is 0 Å². The molecule has 1 aliphatic carbocycles.